The molecule has 3 heteroatoms. The zero-order chi connectivity index (χ0) is 8.44. The van der Waals surface area contributed by atoms with Gasteiger partial charge in [0.1, 0.15) is 5.60 Å². The zero-order valence-corrected chi connectivity index (χ0v) is 7.73. The van der Waals surface area contributed by atoms with Crippen molar-refractivity contribution in [2.75, 3.05) is 13.1 Å². The van der Waals surface area contributed by atoms with Crippen molar-refractivity contribution in [2.45, 2.75) is 18.4 Å². The highest BCUT2D eigenvalue weighted by molar-refractivity contribution is 7.10. The molecule has 1 aromatic rings. The summed E-state index contributed by atoms with van der Waals surface area (Å²) in [5.41, 5.74) is -0.591. The van der Waals surface area contributed by atoms with E-state index in [1.807, 2.05) is 17.5 Å². The number of hydrogen-bond donors (Lipinski definition) is 2. The Hall–Kier alpha value is -0.380. The monoisotopic (exact) mass is 183 g/mol. The minimum atomic E-state index is -0.591. The standard InChI is InChI=1S/C9H13NOS/c11-9(4-2-5-10-7-9)8-3-1-6-12-8/h1,3,6,10-11H,2,4-5,7H2. The first-order valence-electron chi connectivity index (χ1n) is 4.28. The fraction of sp³-hybridized carbons (Fsp3) is 0.556. The molecule has 12 heavy (non-hydrogen) atoms. The van der Waals surface area contributed by atoms with Crippen LogP contribution in [0.5, 0.6) is 0 Å². The van der Waals surface area contributed by atoms with Crippen molar-refractivity contribution in [2.24, 2.45) is 0 Å². The lowest BCUT2D eigenvalue weighted by Crippen LogP contribution is -2.42. The SMILES string of the molecule is OC1(c2cccs2)CCCNC1. The fourth-order valence-corrected chi connectivity index (χ4v) is 2.50. The van der Waals surface area contributed by atoms with E-state index in [-0.39, 0.29) is 0 Å². The van der Waals surface area contributed by atoms with Crippen molar-refractivity contribution in [1.82, 2.24) is 5.32 Å². The highest BCUT2D eigenvalue weighted by atomic mass is 32.1. The molecule has 1 aliphatic heterocycles. The van der Waals surface area contributed by atoms with Gasteiger partial charge < -0.3 is 10.4 Å². The molecule has 0 saturated carbocycles. The van der Waals surface area contributed by atoms with Gasteiger partial charge in [-0.1, -0.05) is 6.07 Å². The minimum Gasteiger partial charge on any atom is -0.383 e. The van der Waals surface area contributed by atoms with E-state index in [0.717, 1.165) is 24.3 Å². The van der Waals surface area contributed by atoms with E-state index in [2.05, 4.69) is 5.32 Å². The first-order valence-corrected chi connectivity index (χ1v) is 5.16. The molecule has 0 amide bonds. The largest absolute Gasteiger partial charge is 0.383 e. The van der Waals surface area contributed by atoms with Gasteiger partial charge in [0, 0.05) is 11.4 Å². The molecule has 2 heterocycles. The molecule has 0 spiro atoms. The van der Waals surface area contributed by atoms with Crippen LogP contribution in [-0.4, -0.2) is 18.2 Å². The highest BCUT2D eigenvalue weighted by Gasteiger charge is 2.31. The summed E-state index contributed by atoms with van der Waals surface area (Å²) >= 11 is 1.64. The fourth-order valence-electron chi connectivity index (χ4n) is 1.64. The van der Waals surface area contributed by atoms with Crippen LogP contribution < -0.4 is 5.32 Å². The van der Waals surface area contributed by atoms with Gasteiger partial charge in [-0.15, -0.1) is 11.3 Å². The molecule has 0 aromatic carbocycles. The van der Waals surface area contributed by atoms with Crippen LogP contribution in [0.2, 0.25) is 0 Å². The second kappa shape index (κ2) is 3.17. The number of piperidine rings is 1. The van der Waals surface area contributed by atoms with Crippen LogP contribution in [0.4, 0.5) is 0 Å². The van der Waals surface area contributed by atoms with Crippen LogP contribution in [0.3, 0.4) is 0 Å². The summed E-state index contributed by atoms with van der Waals surface area (Å²) in [5, 5.41) is 15.4. The molecule has 2 nitrogen and oxygen atoms in total. The van der Waals surface area contributed by atoms with Gasteiger partial charge in [-0.2, -0.15) is 0 Å². The number of thiophene rings is 1. The molecular formula is C9H13NOS. The summed E-state index contributed by atoms with van der Waals surface area (Å²) in [6.07, 6.45) is 1.95. The molecule has 66 valence electrons. The van der Waals surface area contributed by atoms with Crippen LogP contribution in [0.1, 0.15) is 17.7 Å². The Morgan fingerprint density at radius 1 is 1.58 bits per heavy atom. The first kappa shape index (κ1) is 8.23. The Labute approximate surface area is 76.2 Å². The van der Waals surface area contributed by atoms with E-state index in [1.54, 1.807) is 11.3 Å². The molecule has 1 aromatic heterocycles. The molecule has 0 radical (unpaired) electrons. The van der Waals surface area contributed by atoms with Gasteiger partial charge in [-0.3, -0.25) is 0 Å². The molecule has 2 rings (SSSR count). The Bertz CT molecular complexity index is 239. The van der Waals surface area contributed by atoms with Crippen molar-refractivity contribution in [3.05, 3.63) is 22.4 Å². The van der Waals surface area contributed by atoms with Crippen molar-refractivity contribution in [3.63, 3.8) is 0 Å². The van der Waals surface area contributed by atoms with Crippen molar-refractivity contribution in [1.29, 1.82) is 0 Å². The molecule has 1 unspecified atom stereocenters. The van der Waals surface area contributed by atoms with E-state index in [1.165, 1.54) is 0 Å². The van der Waals surface area contributed by atoms with E-state index < -0.39 is 5.60 Å². The van der Waals surface area contributed by atoms with Crippen molar-refractivity contribution in [3.8, 4) is 0 Å². The average molecular weight is 183 g/mol. The topological polar surface area (TPSA) is 32.3 Å². The Morgan fingerprint density at radius 3 is 3.08 bits per heavy atom. The number of rotatable bonds is 1. The lowest BCUT2D eigenvalue weighted by Gasteiger charge is -2.31. The number of aliphatic hydroxyl groups is 1. The Balaban J connectivity index is 2.19. The third-order valence-corrected chi connectivity index (χ3v) is 3.40. The van der Waals surface area contributed by atoms with Crippen LogP contribution >= 0.6 is 11.3 Å². The first-order chi connectivity index (χ1) is 5.81. The van der Waals surface area contributed by atoms with Crippen LogP contribution in [0.15, 0.2) is 17.5 Å². The predicted molar refractivity (Wildman–Crippen MR) is 50.3 cm³/mol. The van der Waals surface area contributed by atoms with Crippen LogP contribution in [-0.2, 0) is 5.60 Å². The van der Waals surface area contributed by atoms with Gasteiger partial charge in [0.15, 0.2) is 0 Å². The predicted octanol–water partition coefficient (Wildman–Crippen LogP) is 1.32. The van der Waals surface area contributed by atoms with E-state index in [4.69, 9.17) is 0 Å². The summed E-state index contributed by atoms with van der Waals surface area (Å²) < 4.78 is 0. The Morgan fingerprint density at radius 2 is 2.50 bits per heavy atom. The summed E-state index contributed by atoms with van der Waals surface area (Å²) in [6.45, 7) is 1.74. The zero-order valence-electron chi connectivity index (χ0n) is 6.92. The van der Waals surface area contributed by atoms with Gasteiger partial charge >= 0.3 is 0 Å². The summed E-state index contributed by atoms with van der Waals surface area (Å²) in [6, 6.07) is 4.00. The third-order valence-electron chi connectivity index (χ3n) is 2.34. The van der Waals surface area contributed by atoms with Gasteiger partial charge in [-0.25, -0.2) is 0 Å². The second-order valence-corrected chi connectivity index (χ2v) is 4.24. The highest BCUT2D eigenvalue weighted by Crippen LogP contribution is 2.31. The maximum absolute atomic E-state index is 10.2. The summed E-state index contributed by atoms with van der Waals surface area (Å²) in [4.78, 5) is 1.09. The third kappa shape index (κ3) is 1.40. The summed E-state index contributed by atoms with van der Waals surface area (Å²) in [7, 11) is 0. The molecule has 0 bridgehead atoms. The van der Waals surface area contributed by atoms with E-state index >= 15 is 0 Å². The molecule has 1 atom stereocenters. The number of nitrogens with one attached hydrogen (secondary N) is 1. The van der Waals surface area contributed by atoms with Crippen LogP contribution in [0.25, 0.3) is 0 Å². The lowest BCUT2D eigenvalue weighted by atomic mass is 9.93. The quantitative estimate of drug-likeness (QED) is 0.688. The second-order valence-electron chi connectivity index (χ2n) is 3.29. The normalized spacial score (nSPS) is 30.4. The van der Waals surface area contributed by atoms with Crippen LogP contribution in [0, 0.1) is 0 Å². The van der Waals surface area contributed by atoms with Crippen molar-refractivity contribution < 1.29 is 5.11 Å². The van der Waals surface area contributed by atoms with E-state index in [0.29, 0.717) is 6.54 Å². The van der Waals surface area contributed by atoms with E-state index in [9.17, 15) is 5.11 Å². The Kier molecular flexibility index (Phi) is 2.17. The molecule has 1 fully saturated rings. The number of hydrogen-bond acceptors (Lipinski definition) is 3. The minimum absolute atomic E-state index is 0.591. The average Bonchev–Trinajstić information content (AvgIpc) is 2.58. The van der Waals surface area contributed by atoms with Gasteiger partial charge in [0.2, 0.25) is 0 Å². The van der Waals surface area contributed by atoms with Crippen molar-refractivity contribution >= 4 is 11.3 Å². The molecular weight excluding hydrogens is 170 g/mol. The molecule has 1 saturated heterocycles. The van der Waals surface area contributed by atoms with Gasteiger partial charge in [0.05, 0.1) is 0 Å². The smallest absolute Gasteiger partial charge is 0.111 e. The maximum atomic E-state index is 10.2. The van der Waals surface area contributed by atoms with Gasteiger partial charge in [-0.05, 0) is 30.8 Å². The molecule has 1 aliphatic rings. The van der Waals surface area contributed by atoms with Gasteiger partial charge in [0.25, 0.3) is 0 Å². The number of β-amino-alcohol motifs (C(OH)–C–C–N with tert-alkyl or cyclic N) is 1. The summed E-state index contributed by atoms with van der Waals surface area (Å²) in [5.74, 6) is 0. The molecule has 0 aliphatic carbocycles. The maximum Gasteiger partial charge on any atom is 0.111 e. The lowest BCUT2D eigenvalue weighted by molar-refractivity contribution is 0.0158. The molecule has 2 N–H and O–H groups in total.